The Morgan fingerprint density at radius 2 is 2.00 bits per heavy atom. The second-order valence-corrected chi connectivity index (χ2v) is 10.9. The van der Waals surface area contributed by atoms with Gasteiger partial charge < -0.3 is 14.3 Å². The summed E-state index contributed by atoms with van der Waals surface area (Å²) in [7, 11) is 0. The van der Waals surface area contributed by atoms with Crippen LogP contribution in [0.3, 0.4) is 0 Å². The molecule has 4 heterocycles. The first-order valence-corrected chi connectivity index (χ1v) is 14.2. The molecule has 1 aliphatic heterocycles. The molecule has 1 aromatic carbocycles. The van der Waals surface area contributed by atoms with Crippen LogP contribution in [0.4, 0.5) is 0 Å². The van der Waals surface area contributed by atoms with E-state index in [1.54, 1.807) is 54.8 Å². The van der Waals surface area contributed by atoms with Gasteiger partial charge in [0.05, 0.1) is 28.0 Å². The Kier molecular flexibility index (Phi) is 7.49. The Morgan fingerprint density at radius 1 is 1.18 bits per heavy atom. The highest BCUT2D eigenvalue weighted by atomic mass is 32.1. The number of thiazole rings is 1. The van der Waals surface area contributed by atoms with Gasteiger partial charge >= 0.3 is 11.9 Å². The molecular weight excluding hydrogens is 536 g/mol. The highest BCUT2D eigenvalue weighted by molar-refractivity contribution is 7.10. The van der Waals surface area contributed by atoms with Crippen LogP contribution in [0, 0.1) is 6.92 Å². The van der Waals surface area contributed by atoms with Crippen LogP contribution >= 0.6 is 22.7 Å². The maximum atomic E-state index is 13.8. The number of aromatic nitrogens is 1. The molecule has 5 rings (SSSR count). The maximum absolute atomic E-state index is 13.8. The monoisotopic (exact) mass is 562 g/mol. The van der Waals surface area contributed by atoms with Crippen molar-refractivity contribution < 1.29 is 23.8 Å². The van der Waals surface area contributed by atoms with E-state index in [1.807, 2.05) is 24.4 Å². The lowest BCUT2D eigenvalue weighted by atomic mass is 9.99. The van der Waals surface area contributed by atoms with E-state index in [2.05, 4.69) is 0 Å². The lowest BCUT2D eigenvalue weighted by Gasteiger charge is -2.24. The lowest BCUT2D eigenvalue weighted by molar-refractivity contribution is -0.139. The number of allylic oxidation sites excluding steroid dienone is 1. The first-order valence-electron chi connectivity index (χ1n) is 12.5. The summed E-state index contributed by atoms with van der Waals surface area (Å²) in [6, 6.07) is 11.7. The molecule has 0 aliphatic carbocycles. The summed E-state index contributed by atoms with van der Waals surface area (Å²) >= 11 is 2.71. The van der Waals surface area contributed by atoms with Crippen LogP contribution in [0.2, 0.25) is 0 Å². The minimum absolute atomic E-state index is 0.202. The predicted molar refractivity (Wildman–Crippen MR) is 150 cm³/mol. The van der Waals surface area contributed by atoms with E-state index >= 15 is 0 Å². The number of hydrogen-bond donors (Lipinski definition) is 1. The number of thiophene rings is 1. The molecule has 0 saturated heterocycles. The van der Waals surface area contributed by atoms with Gasteiger partial charge in [-0.05, 0) is 55.5 Å². The van der Waals surface area contributed by atoms with Crippen LogP contribution in [0.5, 0.6) is 0 Å². The molecule has 0 amide bonds. The fourth-order valence-corrected chi connectivity index (χ4v) is 6.50. The zero-order valence-corrected chi connectivity index (χ0v) is 23.2. The fourth-order valence-electron chi connectivity index (χ4n) is 4.68. The third-order valence-electron chi connectivity index (χ3n) is 6.43. The van der Waals surface area contributed by atoms with E-state index in [0.717, 1.165) is 11.3 Å². The van der Waals surface area contributed by atoms with Gasteiger partial charge in [-0.15, -0.1) is 11.3 Å². The first-order chi connectivity index (χ1) is 18.8. The molecule has 1 aliphatic rings. The Labute approximate surface area is 231 Å². The summed E-state index contributed by atoms with van der Waals surface area (Å²) < 4.78 is 13.4. The average molecular weight is 563 g/mol. The number of carbonyl (C=O) groups excluding carboxylic acids is 1. The number of furan rings is 1. The van der Waals surface area contributed by atoms with Crippen LogP contribution in [-0.2, 0) is 9.53 Å². The highest BCUT2D eigenvalue weighted by Crippen LogP contribution is 2.34. The third kappa shape index (κ3) is 4.93. The number of benzene rings is 1. The SMILES string of the molecule is CCCC1=C(C(=O)OCC)[C@H](c2cccs2)n2c(s/c(=C\c3ccc(-c4cccc(C(=O)O)c4C)o3)c2=O)=N1. The molecule has 39 heavy (non-hydrogen) atoms. The van der Waals surface area contributed by atoms with Crippen LogP contribution in [0.1, 0.15) is 59.3 Å². The van der Waals surface area contributed by atoms with Crippen molar-refractivity contribution in [3.63, 3.8) is 0 Å². The van der Waals surface area contributed by atoms with Gasteiger partial charge in [0.15, 0.2) is 4.80 Å². The zero-order valence-electron chi connectivity index (χ0n) is 21.6. The number of esters is 1. The van der Waals surface area contributed by atoms with Gasteiger partial charge in [-0.1, -0.05) is 42.9 Å². The lowest BCUT2D eigenvalue weighted by Crippen LogP contribution is -2.39. The van der Waals surface area contributed by atoms with Crippen molar-refractivity contribution in [2.45, 2.75) is 39.7 Å². The summed E-state index contributed by atoms with van der Waals surface area (Å²) in [5.74, 6) is -0.526. The van der Waals surface area contributed by atoms with E-state index in [1.165, 1.54) is 22.7 Å². The maximum Gasteiger partial charge on any atom is 0.338 e. The van der Waals surface area contributed by atoms with Crippen molar-refractivity contribution in [3.05, 3.63) is 101 Å². The van der Waals surface area contributed by atoms with Crippen molar-refractivity contribution in [1.82, 2.24) is 4.57 Å². The Morgan fingerprint density at radius 3 is 2.69 bits per heavy atom. The Balaban J connectivity index is 1.63. The molecule has 8 nitrogen and oxygen atoms in total. The number of carboxylic acids is 1. The molecule has 0 saturated carbocycles. The van der Waals surface area contributed by atoms with E-state index in [0.29, 0.717) is 49.7 Å². The number of hydrogen-bond acceptors (Lipinski definition) is 8. The number of carboxylic acid groups (broad SMARTS) is 1. The van der Waals surface area contributed by atoms with Gasteiger partial charge in [-0.3, -0.25) is 9.36 Å². The van der Waals surface area contributed by atoms with Gasteiger partial charge in [0.2, 0.25) is 0 Å². The van der Waals surface area contributed by atoms with Gasteiger partial charge in [0.25, 0.3) is 5.56 Å². The number of carbonyl (C=O) groups is 2. The Bertz CT molecular complexity index is 1770. The summed E-state index contributed by atoms with van der Waals surface area (Å²) in [4.78, 5) is 44.6. The standard InChI is InChI=1S/C29H26N2O6S2/c1-4-8-20-24(28(35)36-5-2)25(22-11-7-14-38-22)31-26(32)23(39-29(31)30-20)15-17-12-13-21(37-17)18-9-6-10-19(16(18)3)27(33)34/h6-7,9-15,25H,4-5,8H2,1-3H3,(H,33,34)/b23-15-/t25-/m0/s1. The molecule has 0 bridgehead atoms. The van der Waals surface area contributed by atoms with Crippen LogP contribution in [0.25, 0.3) is 17.4 Å². The van der Waals surface area contributed by atoms with E-state index < -0.39 is 18.0 Å². The number of ether oxygens (including phenoxy) is 1. The minimum Gasteiger partial charge on any atom is -0.478 e. The average Bonchev–Trinajstić information content (AvgIpc) is 3.66. The summed E-state index contributed by atoms with van der Waals surface area (Å²) in [5, 5.41) is 11.4. The zero-order chi connectivity index (χ0) is 27.7. The molecule has 0 unspecified atom stereocenters. The topological polar surface area (TPSA) is 111 Å². The van der Waals surface area contributed by atoms with Crippen molar-refractivity contribution in [2.24, 2.45) is 4.99 Å². The fraction of sp³-hybridized carbons (Fsp3) is 0.241. The number of nitrogens with zero attached hydrogens (tertiary/aromatic N) is 2. The molecule has 200 valence electrons. The minimum atomic E-state index is -1.01. The third-order valence-corrected chi connectivity index (χ3v) is 8.34. The first kappa shape index (κ1) is 26.6. The number of rotatable bonds is 8. The van der Waals surface area contributed by atoms with E-state index in [4.69, 9.17) is 14.1 Å². The largest absolute Gasteiger partial charge is 0.478 e. The quantitative estimate of drug-likeness (QED) is 0.306. The molecule has 1 N–H and O–H groups in total. The van der Waals surface area contributed by atoms with Gasteiger partial charge in [0.1, 0.15) is 17.6 Å². The van der Waals surface area contributed by atoms with Crippen LogP contribution in [-0.4, -0.2) is 28.2 Å². The van der Waals surface area contributed by atoms with E-state index in [9.17, 15) is 19.5 Å². The summed E-state index contributed by atoms with van der Waals surface area (Å²) in [6.07, 6.45) is 3.02. The summed E-state index contributed by atoms with van der Waals surface area (Å²) in [5.41, 5.74) is 2.21. The molecular formula is C29H26N2O6S2. The van der Waals surface area contributed by atoms with Crippen LogP contribution < -0.4 is 14.9 Å². The van der Waals surface area contributed by atoms with Gasteiger partial charge in [0, 0.05) is 16.5 Å². The molecule has 10 heteroatoms. The van der Waals surface area contributed by atoms with Crippen LogP contribution in [0.15, 0.2) is 73.3 Å². The number of fused-ring (bicyclic) bond motifs is 1. The molecule has 3 aromatic heterocycles. The van der Waals surface area contributed by atoms with Crippen molar-refractivity contribution in [1.29, 1.82) is 0 Å². The van der Waals surface area contributed by atoms with E-state index in [-0.39, 0.29) is 17.7 Å². The molecule has 0 fully saturated rings. The molecule has 4 aromatic rings. The number of aromatic carboxylic acids is 1. The highest BCUT2D eigenvalue weighted by Gasteiger charge is 2.34. The molecule has 0 spiro atoms. The molecule has 0 radical (unpaired) electrons. The smallest absolute Gasteiger partial charge is 0.338 e. The van der Waals surface area contributed by atoms with Gasteiger partial charge in [-0.2, -0.15) is 0 Å². The predicted octanol–water partition coefficient (Wildman–Crippen LogP) is 4.91. The van der Waals surface area contributed by atoms with Gasteiger partial charge in [-0.25, -0.2) is 14.6 Å². The van der Waals surface area contributed by atoms with Crippen molar-refractivity contribution in [3.8, 4) is 11.3 Å². The normalized spacial score (nSPS) is 15.3. The summed E-state index contributed by atoms with van der Waals surface area (Å²) in [6.45, 7) is 5.73. The Hall–Kier alpha value is -4.02. The van der Waals surface area contributed by atoms with Crippen molar-refractivity contribution in [2.75, 3.05) is 6.61 Å². The molecule has 1 atom stereocenters. The van der Waals surface area contributed by atoms with Crippen molar-refractivity contribution >= 4 is 40.7 Å². The second kappa shape index (κ2) is 11.0. The second-order valence-electron chi connectivity index (χ2n) is 8.91.